The molecule has 4 aromatic rings. The third-order valence-electron chi connectivity index (χ3n) is 9.30. The molecule has 3 aliphatic heterocycles. The number of fused-ring (bicyclic) bond motifs is 3. The maximum absolute atomic E-state index is 16.5. The number of benzene rings is 2. The molecule has 5 heterocycles. The van der Waals surface area contributed by atoms with Gasteiger partial charge >= 0.3 is 12.1 Å². The van der Waals surface area contributed by atoms with E-state index in [9.17, 15) is 18.7 Å². The van der Waals surface area contributed by atoms with E-state index in [1.54, 1.807) is 37.4 Å². The number of likely N-dealkylation sites (tertiary alicyclic amines) is 1. The molecule has 2 aromatic carbocycles. The number of ether oxygens (including phenoxy) is 1. The molecule has 12 heteroatoms. The lowest BCUT2D eigenvalue weighted by atomic mass is 9.95. The quantitative estimate of drug-likeness (QED) is 0.324. The van der Waals surface area contributed by atoms with Crippen molar-refractivity contribution in [3.05, 3.63) is 54.2 Å². The van der Waals surface area contributed by atoms with Crippen LogP contribution in [-0.2, 0) is 0 Å². The fourth-order valence-electron chi connectivity index (χ4n) is 7.09. The fraction of sp³-hybridized carbons (Fsp3) is 0.419. The third-order valence-corrected chi connectivity index (χ3v) is 9.30. The van der Waals surface area contributed by atoms with Gasteiger partial charge in [-0.1, -0.05) is 30.3 Å². The second-order valence-electron chi connectivity index (χ2n) is 11.8. The molecule has 224 valence electrons. The van der Waals surface area contributed by atoms with Crippen LogP contribution in [0.4, 0.5) is 23.8 Å². The van der Waals surface area contributed by atoms with Gasteiger partial charge in [-0.2, -0.15) is 9.97 Å². The minimum atomic E-state index is -1.00. The number of likely N-dealkylation sites (N-methyl/N-ethyl adjacent to an activating group) is 1. The number of carbonyl (C=O) groups is 1. The Balaban J connectivity index is 1.33. The van der Waals surface area contributed by atoms with E-state index in [2.05, 4.69) is 19.9 Å². The van der Waals surface area contributed by atoms with Crippen molar-refractivity contribution in [1.29, 1.82) is 0 Å². The van der Waals surface area contributed by atoms with Crippen molar-refractivity contribution < 1.29 is 27.8 Å². The molecule has 0 bridgehead atoms. The van der Waals surface area contributed by atoms with Crippen LogP contribution in [0, 0.1) is 11.6 Å². The average molecular weight is 593 g/mol. The molecule has 3 atom stereocenters. The number of alkyl halides is 1. The zero-order chi connectivity index (χ0) is 29.9. The summed E-state index contributed by atoms with van der Waals surface area (Å²) in [5.74, 6) is -0.900. The van der Waals surface area contributed by atoms with Crippen molar-refractivity contribution in [3.63, 3.8) is 0 Å². The lowest BCUT2D eigenvalue weighted by Gasteiger charge is -2.31. The van der Waals surface area contributed by atoms with Gasteiger partial charge in [-0.25, -0.2) is 18.0 Å². The predicted octanol–water partition coefficient (Wildman–Crippen LogP) is 5.27. The smallest absolute Gasteiger partial charge is 0.407 e. The summed E-state index contributed by atoms with van der Waals surface area (Å²) in [4.78, 5) is 30.4. The van der Waals surface area contributed by atoms with Crippen LogP contribution in [-0.4, -0.2) is 93.5 Å². The molecule has 2 aromatic heterocycles. The number of hydrogen-bond acceptors (Lipinski definition) is 7. The van der Waals surface area contributed by atoms with Crippen molar-refractivity contribution in [3.8, 4) is 17.3 Å². The minimum Gasteiger partial charge on any atom is -0.465 e. The second kappa shape index (κ2) is 10.5. The molecule has 1 amide bonds. The van der Waals surface area contributed by atoms with Gasteiger partial charge in [-0.15, -0.1) is 0 Å². The summed E-state index contributed by atoms with van der Waals surface area (Å²) in [7, 11) is 1.77. The molecule has 7 rings (SSSR count). The van der Waals surface area contributed by atoms with E-state index in [1.165, 1.54) is 17.2 Å². The van der Waals surface area contributed by atoms with Crippen molar-refractivity contribution in [1.82, 2.24) is 24.8 Å². The van der Waals surface area contributed by atoms with Gasteiger partial charge in [-0.05, 0) is 37.3 Å². The van der Waals surface area contributed by atoms with Crippen LogP contribution in [0.2, 0.25) is 0 Å². The van der Waals surface area contributed by atoms with Gasteiger partial charge in [0.2, 0.25) is 0 Å². The van der Waals surface area contributed by atoms with E-state index >= 15 is 4.39 Å². The van der Waals surface area contributed by atoms with Crippen LogP contribution in [0.3, 0.4) is 0 Å². The third kappa shape index (κ3) is 4.68. The summed E-state index contributed by atoms with van der Waals surface area (Å²) >= 11 is 0. The first-order chi connectivity index (χ1) is 20.7. The van der Waals surface area contributed by atoms with Crippen LogP contribution < -0.4 is 9.64 Å². The first-order valence-corrected chi connectivity index (χ1v) is 14.5. The van der Waals surface area contributed by atoms with E-state index in [4.69, 9.17) is 4.74 Å². The summed E-state index contributed by atoms with van der Waals surface area (Å²) in [6.45, 7) is 1.94. The zero-order valence-corrected chi connectivity index (χ0v) is 23.6. The van der Waals surface area contributed by atoms with Gasteiger partial charge in [0, 0.05) is 56.3 Å². The summed E-state index contributed by atoms with van der Waals surface area (Å²) in [6, 6.07) is 9.48. The fourth-order valence-corrected chi connectivity index (χ4v) is 7.09. The SMILES string of the molecule is CN(c1nc(OC[C@@]23CCCN2C[C@H](F)C3)nc2c(F)c(-c3cccc4cccc(F)c34)ncc12)[C@@H]1CCN(C(=O)O)C1. The van der Waals surface area contributed by atoms with Gasteiger partial charge in [0.25, 0.3) is 0 Å². The van der Waals surface area contributed by atoms with Crippen molar-refractivity contribution >= 4 is 33.6 Å². The molecule has 3 saturated heterocycles. The lowest BCUT2D eigenvalue weighted by molar-refractivity contribution is 0.107. The molecule has 3 fully saturated rings. The second-order valence-corrected chi connectivity index (χ2v) is 11.8. The number of pyridine rings is 1. The molecule has 1 N–H and O–H groups in total. The van der Waals surface area contributed by atoms with Crippen LogP contribution in [0.15, 0.2) is 42.6 Å². The Hall–Kier alpha value is -4.19. The minimum absolute atomic E-state index is 0.0474. The molecule has 0 aliphatic carbocycles. The molecule has 0 saturated carbocycles. The Labute approximate surface area is 245 Å². The summed E-state index contributed by atoms with van der Waals surface area (Å²) in [5, 5.41) is 10.7. The zero-order valence-electron chi connectivity index (χ0n) is 23.6. The summed E-state index contributed by atoms with van der Waals surface area (Å²) in [6.07, 6.45) is 2.17. The lowest BCUT2D eigenvalue weighted by Crippen LogP contribution is -2.43. The van der Waals surface area contributed by atoms with E-state index < -0.39 is 29.4 Å². The van der Waals surface area contributed by atoms with Crippen molar-refractivity contribution in [2.24, 2.45) is 0 Å². The summed E-state index contributed by atoms with van der Waals surface area (Å²) < 4.78 is 52.0. The van der Waals surface area contributed by atoms with Crippen molar-refractivity contribution in [2.75, 3.05) is 44.7 Å². The number of hydrogen-bond donors (Lipinski definition) is 1. The van der Waals surface area contributed by atoms with Crippen LogP contribution >= 0.6 is 0 Å². The molecule has 0 radical (unpaired) electrons. The number of halogens is 3. The molecule has 0 unspecified atom stereocenters. The first-order valence-electron chi connectivity index (χ1n) is 14.5. The molecule has 0 spiro atoms. The van der Waals surface area contributed by atoms with E-state index in [-0.39, 0.29) is 41.8 Å². The molecular formula is C31H31F3N6O3. The Kier molecular flexibility index (Phi) is 6.76. The highest BCUT2D eigenvalue weighted by Crippen LogP contribution is 2.41. The van der Waals surface area contributed by atoms with Gasteiger partial charge < -0.3 is 19.6 Å². The Morgan fingerprint density at radius 3 is 2.77 bits per heavy atom. The van der Waals surface area contributed by atoms with E-state index in [0.717, 1.165) is 19.4 Å². The van der Waals surface area contributed by atoms with E-state index in [0.29, 0.717) is 48.1 Å². The maximum atomic E-state index is 16.5. The van der Waals surface area contributed by atoms with E-state index in [1.807, 2.05) is 4.90 Å². The molecular weight excluding hydrogens is 561 g/mol. The number of carboxylic acid groups (broad SMARTS) is 1. The number of nitrogens with zero attached hydrogens (tertiary/aromatic N) is 6. The number of amides is 1. The normalized spacial score (nSPS) is 23.8. The Morgan fingerprint density at radius 2 is 1.98 bits per heavy atom. The predicted molar refractivity (Wildman–Crippen MR) is 155 cm³/mol. The molecule has 9 nitrogen and oxygen atoms in total. The van der Waals surface area contributed by atoms with Crippen LogP contribution in [0.25, 0.3) is 32.9 Å². The molecule has 3 aliphatic rings. The topological polar surface area (TPSA) is 94.9 Å². The highest BCUT2D eigenvalue weighted by atomic mass is 19.1. The molecule has 43 heavy (non-hydrogen) atoms. The highest BCUT2D eigenvalue weighted by molar-refractivity contribution is 5.99. The van der Waals surface area contributed by atoms with Gasteiger partial charge in [0.05, 0.1) is 10.9 Å². The highest BCUT2D eigenvalue weighted by Gasteiger charge is 2.49. The van der Waals surface area contributed by atoms with Crippen molar-refractivity contribution in [2.45, 2.75) is 43.4 Å². The first kappa shape index (κ1) is 27.6. The van der Waals surface area contributed by atoms with Gasteiger partial charge in [0.1, 0.15) is 35.6 Å². The summed E-state index contributed by atoms with van der Waals surface area (Å²) in [5.41, 5.74) is -0.274. The largest absolute Gasteiger partial charge is 0.465 e. The number of rotatable bonds is 6. The van der Waals surface area contributed by atoms with Crippen LogP contribution in [0.1, 0.15) is 25.7 Å². The Bertz CT molecular complexity index is 1740. The average Bonchev–Trinajstić information content (AvgIpc) is 3.71. The van der Waals surface area contributed by atoms with Gasteiger partial charge in [0.15, 0.2) is 5.82 Å². The number of aromatic nitrogens is 3. The Morgan fingerprint density at radius 1 is 1.16 bits per heavy atom. The van der Waals surface area contributed by atoms with Gasteiger partial charge in [-0.3, -0.25) is 9.88 Å². The maximum Gasteiger partial charge on any atom is 0.407 e. The standard InChI is InChI=1S/C31H31F3N6O3/c1-38(20-9-12-39(16-20)30(41)42)28-22-14-35-26(21-7-2-5-18-6-3-8-23(33)24(18)21)25(34)27(22)36-29(37-28)43-17-31-10-4-11-40(31)15-19(32)13-31/h2-3,5-8,14,19-20H,4,9-13,15-17H2,1H3,(H,41,42)/t19-,20-,31+/m1/s1. The monoisotopic (exact) mass is 592 g/mol. The number of anilines is 1. The van der Waals surface area contributed by atoms with Crippen LogP contribution in [0.5, 0.6) is 6.01 Å².